The summed E-state index contributed by atoms with van der Waals surface area (Å²) in [7, 11) is 1.73. The third kappa shape index (κ3) is 3.46. The highest BCUT2D eigenvalue weighted by Gasteiger charge is 2.19. The SMILES string of the molecule is COc1ccc(Br)cc1CN1CCC(CN)CC1. The molecule has 1 heterocycles. The maximum absolute atomic E-state index is 5.72. The summed E-state index contributed by atoms with van der Waals surface area (Å²) < 4.78 is 6.52. The number of benzene rings is 1. The smallest absolute Gasteiger partial charge is 0.123 e. The van der Waals surface area contributed by atoms with Gasteiger partial charge in [-0.2, -0.15) is 0 Å². The van der Waals surface area contributed by atoms with Gasteiger partial charge in [-0.25, -0.2) is 0 Å². The third-order valence-electron chi connectivity index (χ3n) is 3.68. The number of ether oxygens (including phenoxy) is 1. The Labute approximate surface area is 117 Å². The fourth-order valence-corrected chi connectivity index (χ4v) is 2.90. The lowest BCUT2D eigenvalue weighted by Crippen LogP contribution is -2.35. The van der Waals surface area contributed by atoms with Crippen molar-refractivity contribution in [3.05, 3.63) is 28.2 Å². The summed E-state index contributed by atoms with van der Waals surface area (Å²) >= 11 is 3.52. The lowest BCUT2D eigenvalue weighted by atomic mass is 9.97. The largest absolute Gasteiger partial charge is 0.496 e. The predicted octanol–water partition coefficient (Wildman–Crippen LogP) is 2.63. The summed E-state index contributed by atoms with van der Waals surface area (Å²) in [6, 6.07) is 6.18. The normalized spacial score (nSPS) is 17.9. The minimum absolute atomic E-state index is 0.714. The minimum Gasteiger partial charge on any atom is -0.496 e. The number of methoxy groups -OCH3 is 1. The number of hydrogen-bond acceptors (Lipinski definition) is 3. The van der Waals surface area contributed by atoms with E-state index in [4.69, 9.17) is 10.5 Å². The molecule has 0 amide bonds. The summed E-state index contributed by atoms with van der Waals surface area (Å²) in [4.78, 5) is 2.48. The molecule has 1 aromatic carbocycles. The summed E-state index contributed by atoms with van der Waals surface area (Å²) in [5.74, 6) is 1.69. The van der Waals surface area contributed by atoms with Gasteiger partial charge >= 0.3 is 0 Å². The summed E-state index contributed by atoms with van der Waals surface area (Å²) in [5.41, 5.74) is 6.97. The Morgan fingerprint density at radius 1 is 1.39 bits per heavy atom. The third-order valence-corrected chi connectivity index (χ3v) is 4.17. The Kier molecular flexibility index (Phi) is 5.03. The van der Waals surface area contributed by atoms with Gasteiger partial charge in [0.25, 0.3) is 0 Å². The first kappa shape index (κ1) is 13.8. The molecule has 4 heteroatoms. The second-order valence-corrected chi connectivity index (χ2v) is 5.83. The van der Waals surface area contributed by atoms with Gasteiger partial charge in [0.2, 0.25) is 0 Å². The Hall–Kier alpha value is -0.580. The molecule has 0 unspecified atom stereocenters. The number of halogens is 1. The molecule has 1 saturated heterocycles. The Balaban J connectivity index is 1.99. The lowest BCUT2D eigenvalue weighted by molar-refractivity contribution is 0.179. The maximum atomic E-state index is 5.72. The van der Waals surface area contributed by atoms with Crippen LogP contribution in [0.3, 0.4) is 0 Å². The average Bonchev–Trinajstić information content (AvgIpc) is 2.40. The Morgan fingerprint density at radius 2 is 2.11 bits per heavy atom. The van der Waals surface area contributed by atoms with Crippen LogP contribution >= 0.6 is 15.9 Å². The molecule has 1 aliphatic heterocycles. The van der Waals surface area contributed by atoms with Crippen LogP contribution in [0.15, 0.2) is 22.7 Å². The lowest BCUT2D eigenvalue weighted by Gasteiger charge is -2.31. The maximum Gasteiger partial charge on any atom is 0.123 e. The van der Waals surface area contributed by atoms with Gasteiger partial charge in [-0.1, -0.05) is 15.9 Å². The van der Waals surface area contributed by atoms with Crippen LogP contribution in [0.1, 0.15) is 18.4 Å². The van der Waals surface area contributed by atoms with E-state index < -0.39 is 0 Å². The molecular weight excluding hydrogens is 292 g/mol. The van der Waals surface area contributed by atoms with Gasteiger partial charge in [-0.3, -0.25) is 4.90 Å². The standard InChI is InChI=1S/C14H21BrN2O/c1-18-14-3-2-13(15)8-12(14)10-17-6-4-11(9-16)5-7-17/h2-3,8,11H,4-7,9-10,16H2,1H3. The van der Waals surface area contributed by atoms with Crippen LogP contribution in [0.2, 0.25) is 0 Å². The van der Waals surface area contributed by atoms with Gasteiger partial charge in [0, 0.05) is 16.6 Å². The molecule has 0 aromatic heterocycles. The van der Waals surface area contributed by atoms with Crippen molar-refractivity contribution in [2.24, 2.45) is 11.7 Å². The average molecular weight is 313 g/mol. The second kappa shape index (κ2) is 6.55. The molecule has 0 radical (unpaired) electrons. The first-order valence-electron chi connectivity index (χ1n) is 6.47. The van der Waals surface area contributed by atoms with Gasteiger partial charge < -0.3 is 10.5 Å². The van der Waals surface area contributed by atoms with Crippen LogP contribution in [0, 0.1) is 5.92 Å². The van der Waals surface area contributed by atoms with E-state index in [0.29, 0.717) is 5.92 Å². The van der Waals surface area contributed by atoms with Crippen molar-refractivity contribution in [2.45, 2.75) is 19.4 Å². The van der Waals surface area contributed by atoms with Gasteiger partial charge in [0.15, 0.2) is 0 Å². The fraction of sp³-hybridized carbons (Fsp3) is 0.571. The van der Waals surface area contributed by atoms with E-state index in [1.165, 1.54) is 18.4 Å². The van der Waals surface area contributed by atoms with Gasteiger partial charge in [0.1, 0.15) is 5.75 Å². The van der Waals surface area contributed by atoms with Crippen molar-refractivity contribution in [1.29, 1.82) is 0 Å². The highest BCUT2D eigenvalue weighted by molar-refractivity contribution is 9.10. The molecule has 3 nitrogen and oxygen atoms in total. The number of rotatable bonds is 4. The van der Waals surface area contributed by atoms with E-state index in [2.05, 4.69) is 26.9 Å². The van der Waals surface area contributed by atoms with Crippen LogP contribution in [0.25, 0.3) is 0 Å². The van der Waals surface area contributed by atoms with E-state index in [1.807, 2.05) is 12.1 Å². The molecule has 2 N–H and O–H groups in total. The zero-order chi connectivity index (χ0) is 13.0. The van der Waals surface area contributed by atoms with E-state index in [0.717, 1.165) is 36.4 Å². The van der Waals surface area contributed by atoms with E-state index in [-0.39, 0.29) is 0 Å². The van der Waals surface area contributed by atoms with Crippen LogP contribution in [-0.4, -0.2) is 31.6 Å². The molecule has 1 aromatic rings. The molecule has 0 aliphatic carbocycles. The highest BCUT2D eigenvalue weighted by Crippen LogP contribution is 2.26. The van der Waals surface area contributed by atoms with Crippen LogP contribution in [-0.2, 0) is 6.54 Å². The van der Waals surface area contributed by atoms with Gasteiger partial charge in [0.05, 0.1) is 7.11 Å². The molecule has 2 rings (SSSR count). The molecule has 18 heavy (non-hydrogen) atoms. The van der Waals surface area contributed by atoms with Crippen LogP contribution in [0.4, 0.5) is 0 Å². The van der Waals surface area contributed by atoms with Crippen molar-refractivity contribution in [3.8, 4) is 5.75 Å². The number of nitrogens with zero attached hydrogens (tertiary/aromatic N) is 1. The Bertz CT molecular complexity index is 389. The molecule has 100 valence electrons. The molecular formula is C14H21BrN2O. The molecule has 1 fully saturated rings. The van der Waals surface area contributed by atoms with Crippen molar-refractivity contribution in [3.63, 3.8) is 0 Å². The topological polar surface area (TPSA) is 38.5 Å². The summed E-state index contributed by atoms with van der Waals surface area (Å²) in [5, 5.41) is 0. The zero-order valence-electron chi connectivity index (χ0n) is 10.9. The molecule has 0 saturated carbocycles. The molecule has 0 bridgehead atoms. The first-order valence-corrected chi connectivity index (χ1v) is 7.27. The fourth-order valence-electron chi connectivity index (χ4n) is 2.49. The monoisotopic (exact) mass is 312 g/mol. The van der Waals surface area contributed by atoms with Crippen molar-refractivity contribution >= 4 is 15.9 Å². The van der Waals surface area contributed by atoms with E-state index in [9.17, 15) is 0 Å². The van der Waals surface area contributed by atoms with Gasteiger partial charge in [-0.05, 0) is 56.6 Å². The number of nitrogens with two attached hydrogens (primary N) is 1. The van der Waals surface area contributed by atoms with Gasteiger partial charge in [-0.15, -0.1) is 0 Å². The predicted molar refractivity (Wildman–Crippen MR) is 77.7 cm³/mol. The molecule has 0 atom stereocenters. The summed E-state index contributed by atoms with van der Waals surface area (Å²) in [6.07, 6.45) is 2.43. The quantitative estimate of drug-likeness (QED) is 0.929. The number of likely N-dealkylation sites (tertiary alicyclic amines) is 1. The van der Waals surface area contributed by atoms with E-state index >= 15 is 0 Å². The van der Waals surface area contributed by atoms with E-state index in [1.54, 1.807) is 7.11 Å². The zero-order valence-corrected chi connectivity index (χ0v) is 12.4. The Morgan fingerprint density at radius 3 is 2.72 bits per heavy atom. The number of hydrogen-bond donors (Lipinski definition) is 1. The van der Waals surface area contributed by atoms with Crippen LogP contribution in [0.5, 0.6) is 5.75 Å². The minimum atomic E-state index is 0.714. The van der Waals surface area contributed by atoms with Crippen molar-refractivity contribution in [2.75, 3.05) is 26.7 Å². The first-order chi connectivity index (χ1) is 8.72. The molecule has 1 aliphatic rings. The highest BCUT2D eigenvalue weighted by atomic mass is 79.9. The summed E-state index contributed by atoms with van der Waals surface area (Å²) in [6.45, 7) is 4.06. The second-order valence-electron chi connectivity index (χ2n) is 4.91. The van der Waals surface area contributed by atoms with Crippen LogP contribution < -0.4 is 10.5 Å². The molecule has 0 spiro atoms. The van der Waals surface area contributed by atoms with Crippen molar-refractivity contribution < 1.29 is 4.74 Å². The van der Waals surface area contributed by atoms with Crippen molar-refractivity contribution in [1.82, 2.24) is 4.90 Å². The number of piperidine rings is 1.